The van der Waals surface area contributed by atoms with Crippen LogP contribution in [0.4, 0.5) is 11.5 Å². The number of pyridine rings is 1. The molecule has 1 heterocycles. The number of hydrogen-bond acceptors (Lipinski definition) is 6. The molecule has 0 radical (unpaired) electrons. The summed E-state index contributed by atoms with van der Waals surface area (Å²) in [6.07, 6.45) is 5.17. The molecule has 0 unspecified atom stereocenters. The molecular formula is C18H18N4O3. The monoisotopic (exact) mass is 338 g/mol. The molecule has 128 valence electrons. The van der Waals surface area contributed by atoms with E-state index in [1.165, 1.54) is 6.07 Å². The van der Waals surface area contributed by atoms with Gasteiger partial charge in [-0.3, -0.25) is 10.1 Å². The smallest absolute Gasteiger partial charge is 0.290 e. The standard InChI is InChI=1S/C18H18N4O3/c19-12-15-16(22(23)24)4-3-5-17(15)25-14-9-7-13(8-10-14)21-18-6-1-2-11-20-18/h1-6,11,13-14H,7-10H2,(H,20,21). The van der Waals surface area contributed by atoms with Crippen LogP contribution in [-0.2, 0) is 0 Å². The maximum Gasteiger partial charge on any atom is 0.290 e. The average Bonchev–Trinajstić information content (AvgIpc) is 2.64. The first-order chi connectivity index (χ1) is 12.2. The molecule has 7 heteroatoms. The molecule has 3 rings (SSSR count). The van der Waals surface area contributed by atoms with Gasteiger partial charge in [-0.15, -0.1) is 0 Å². The fourth-order valence-electron chi connectivity index (χ4n) is 3.04. The number of benzene rings is 1. The zero-order chi connectivity index (χ0) is 17.6. The zero-order valence-corrected chi connectivity index (χ0v) is 13.6. The van der Waals surface area contributed by atoms with Crippen LogP contribution in [0, 0.1) is 21.4 Å². The van der Waals surface area contributed by atoms with Gasteiger partial charge in [-0.05, 0) is 43.9 Å². The van der Waals surface area contributed by atoms with Crippen LogP contribution in [0.1, 0.15) is 31.2 Å². The Hall–Kier alpha value is -3.14. The van der Waals surface area contributed by atoms with Crippen molar-refractivity contribution in [1.29, 1.82) is 5.26 Å². The van der Waals surface area contributed by atoms with Crippen molar-refractivity contribution < 1.29 is 9.66 Å². The lowest BCUT2D eigenvalue weighted by Crippen LogP contribution is -2.31. The number of nitriles is 1. The Morgan fingerprint density at radius 1 is 1.20 bits per heavy atom. The van der Waals surface area contributed by atoms with Gasteiger partial charge < -0.3 is 10.1 Å². The van der Waals surface area contributed by atoms with Crippen LogP contribution >= 0.6 is 0 Å². The largest absolute Gasteiger partial charge is 0.489 e. The van der Waals surface area contributed by atoms with Gasteiger partial charge in [-0.25, -0.2) is 4.98 Å². The van der Waals surface area contributed by atoms with Crippen molar-refractivity contribution in [2.75, 3.05) is 5.32 Å². The minimum absolute atomic E-state index is 0.0127. The second-order valence-corrected chi connectivity index (χ2v) is 5.97. The van der Waals surface area contributed by atoms with E-state index in [4.69, 9.17) is 4.74 Å². The summed E-state index contributed by atoms with van der Waals surface area (Å²) in [6.45, 7) is 0. The third-order valence-corrected chi connectivity index (χ3v) is 4.30. The molecule has 0 aliphatic heterocycles. The van der Waals surface area contributed by atoms with Gasteiger partial charge in [0.05, 0.1) is 11.0 Å². The average molecular weight is 338 g/mol. The second kappa shape index (κ2) is 7.62. The summed E-state index contributed by atoms with van der Waals surface area (Å²) in [5, 5.41) is 23.7. The summed E-state index contributed by atoms with van der Waals surface area (Å²) < 4.78 is 5.90. The van der Waals surface area contributed by atoms with E-state index in [-0.39, 0.29) is 23.1 Å². The van der Waals surface area contributed by atoms with E-state index in [1.807, 2.05) is 24.3 Å². The van der Waals surface area contributed by atoms with E-state index < -0.39 is 4.92 Å². The van der Waals surface area contributed by atoms with Crippen molar-refractivity contribution in [3.8, 4) is 11.8 Å². The SMILES string of the molecule is N#Cc1c(OC2CCC(Nc3ccccn3)CC2)cccc1[N+](=O)[O-]. The lowest BCUT2D eigenvalue weighted by molar-refractivity contribution is -0.385. The van der Waals surface area contributed by atoms with Crippen LogP contribution in [-0.4, -0.2) is 22.1 Å². The summed E-state index contributed by atoms with van der Waals surface area (Å²) in [5.74, 6) is 1.15. The molecule has 2 aromatic rings. The molecule has 1 aliphatic rings. The molecule has 0 bridgehead atoms. The number of hydrogen-bond donors (Lipinski definition) is 1. The Morgan fingerprint density at radius 3 is 2.64 bits per heavy atom. The number of ether oxygens (including phenoxy) is 1. The topological polar surface area (TPSA) is 101 Å². The summed E-state index contributed by atoms with van der Waals surface area (Å²) in [4.78, 5) is 14.7. The number of aromatic nitrogens is 1. The summed E-state index contributed by atoms with van der Waals surface area (Å²) in [7, 11) is 0. The molecule has 0 atom stereocenters. The van der Waals surface area contributed by atoms with E-state index in [9.17, 15) is 15.4 Å². The van der Waals surface area contributed by atoms with Crippen molar-refractivity contribution in [3.63, 3.8) is 0 Å². The van der Waals surface area contributed by atoms with E-state index in [2.05, 4.69) is 10.3 Å². The highest BCUT2D eigenvalue weighted by Gasteiger charge is 2.25. The minimum atomic E-state index is -0.556. The molecule has 0 amide bonds. The van der Waals surface area contributed by atoms with E-state index in [0.717, 1.165) is 31.5 Å². The Labute approximate surface area is 145 Å². The summed E-state index contributed by atoms with van der Waals surface area (Å²) in [6, 6.07) is 12.4. The summed E-state index contributed by atoms with van der Waals surface area (Å²) in [5.41, 5.74) is -0.230. The van der Waals surface area contributed by atoms with E-state index >= 15 is 0 Å². The Morgan fingerprint density at radius 2 is 2.00 bits per heavy atom. The van der Waals surface area contributed by atoms with Crippen LogP contribution in [0.25, 0.3) is 0 Å². The molecule has 1 saturated carbocycles. The first kappa shape index (κ1) is 16.7. The first-order valence-electron chi connectivity index (χ1n) is 8.19. The van der Waals surface area contributed by atoms with Crippen molar-refractivity contribution in [1.82, 2.24) is 4.98 Å². The van der Waals surface area contributed by atoms with Gasteiger partial charge in [0.25, 0.3) is 5.69 Å². The maximum atomic E-state index is 11.0. The molecule has 1 aliphatic carbocycles. The van der Waals surface area contributed by atoms with Crippen molar-refractivity contribution >= 4 is 11.5 Å². The quantitative estimate of drug-likeness (QED) is 0.659. The fraction of sp³-hybridized carbons (Fsp3) is 0.333. The number of nitro benzene ring substituents is 1. The van der Waals surface area contributed by atoms with Gasteiger partial charge in [0, 0.05) is 18.3 Å². The molecule has 1 aromatic carbocycles. The Bertz CT molecular complexity index is 781. The fourth-order valence-corrected chi connectivity index (χ4v) is 3.04. The van der Waals surface area contributed by atoms with Crippen LogP contribution in [0.5, 0.6) is 5.75 Å². The van der Waals surface area contributed by atoms with Gasteiger partial charge in [-0.2, -0.15) is 5.26 Å². The van der Waals surface area contributed by atoms with E-state index in [0.29, 0.717) is 6.04 Å². The van der Waals surface area contributed by atoms with Crippen LogP contribution in [0.2, 0.25) is 0 Å². The highest BCUT2D eigenvalue weighted by Crippen LogP contribution is 2.31. The van der Waals surface area contributed by atoms with Gasteiger partial charge >= 0.3 is 0 Å². The molecule has 0 spiro atoms. The third-order valence-electron chi connectivity index (χ3n) is 4.30. The van der Waals surface area contributed by atoms with Crippen molar-refractivity contribution in [3.05, 3.63) is 58.3 Å². The second-order valence-electron chi connectivity index (χ2n) is 5.97. The van der Waals surface area contributed by atoms with Crippen molar-refractivity contribution in [2.24, 2.45) is 0 Å². The molecule has 25 heavy (non-hydrogen) atoms. The summed E-state index contributed by atoms with van der Waals surface area (Å²) >= 11 is 0. The molecule has 0 saturated heterocycles. The van der Waals surface area contributed by atoms with Gasteiger partial charge in [0.15, 0.2) is 5.56 Å². The predicted octanol–water partition coefficient (Wildman–Crippen LogP) is 3.66. The van der Waals surface area contributed by atoms with Crippen LogP contribution in [0.3, 0.4) is 0 Å². The van der Waals surface area contributed by atoms with Gasteiger partial charge in [0.1, 0.15) is 17.6 Å². The molecule has 1 aromatic heterocycles. The normalized spacial score (nSPS) is 19.6. The number of anilines is 1. The minimum Gasteiger partial charge on any atom is -0.489 e. The maximum absolute atomic E-state index is 11.0. The van der Waals surface area contributed by atoms with E-state index in [1.54, 1.807) is 18.3 Å². The number of nitrogens with one attached hydrogen (secondary N) is 1. The lowest BCUT2D eigenvalue weighted by Gasteiger charge is -2.30. The van der Waals surface area contributed by atoms with Crippen molar-refractivity contribution in [2.45, 2.75) is 37.8 Å². The van der Waals surface area contributed by atoms with Gasteiger partial charge in [0.2, 0.25) is 0 Å². The number of nitro groups is 1. The molecular weight excluding hydrogens is 320 g/mol. The Kier molecular flexibility index (Phi) is 5.09. The predicted molar refractivity (Wildman–Crippen MR) is 92.3 cm³/mol. The lowest BCUT2D eigenvalue weighted by atomic mass is 9.93. The number of nitrogens with zero attached hydrogens (tertiary/aromatic N) is 3. The van der Waals surface area contributed by atoms with Gasteiger partial charge in [-0.1, -0.05) is 12.1 Å². The van der Waals surface area contributed by atoms with Crippen LogP contribution in [0.15, 0.2) is 42.6 Å². The number of rotatable bonds is 5. The Balaban J connectivity index is 1.60. The zero-order valence-electron chi connectivity index (χ0n) is 13.6. The molecule has 1 fully saturated rings. The molecule has 7 nitrogen and oxygen atoms in total. The first-order valence-corrected chi connectivity index (χ1v) is 8.19. The van der Waals surface area contributed by atoms with Crippen LogP contribution < -0.4 is 10.1 Å². The molecule has 1 N–H and O–H groups in total. The highest BCUT2D eigenvalue weighted by molar-refractivity contribution is 5.56. The third kappa shape index (κ3) is 4.04. The highest BCUT2D eigenvalue weighted by atomic mass is 16.6.